The number of hydrogen-bond acceptors (Lipinski definition) is 4. The van der Waals surface area contributed by atoms with Crippen molar-refractivity contribution in [2.75, 3.05) is 52.5 Å². The first-order valence-corrected chi connectivity index (χ1v) is 10.4. The van der Waals surface area contributed by atoms with E-state index in [1.54, 1.807) is 0 Å². The van der Waals surface area contributed by atoms with Crippen molar-refractivity contribution >= 4 is 35.8 Å². The predicted octanol–water partition coefficient (Wildman–Crippen LogP) is 1.81. The molecule has 0 bridgehead atoms. The van der Waals surface area contributed by atoms with E-state index in [4.69, 9.17) is 4.74 Å². The molecule has 162 valence electrons. The van der Waals surface area contributed by atoms with Gasteiger partial charge in [0.25, 0.3) is 0 Å². The molecular weight excluding hydrogens is 481 g/mol. The molecule has 0 unspecified atom stereocenters. The maximum atomic E-state index is 12.5. The number of fused-ring (bicyclic) bond motifs is 1. The van der Waals surface area contributed by atoms with Crippen molar-refractivity contribution < 1.29 is 9.53 Å². The molecule has 29 heavy (non-hydrogen) atoms. The molecule has 1 aromatic carbocycles. The van der Waals surface area contributed by atoms with Gasteiger partial charge in [-0.3, -0.25) is 14.7 Å². The number of nitrogens with one attached hydrogen (secondary N) is 2. The number of carbonyl (C=O) groups excluding carboxylic acids is 1. The molecule has 1 aromatic rings. The van der Waals surface area contributed by atoms with Gasteiger partial charge in [-0.2, -0.15) is 0 Å². The van der Waals surface area contributed by atoms with Gasteiger partial charge in [0, 0.05) is 58.8 Å². The van der Waals surface area contributed by atoms with Gasteiger partial charge in [0.2, 0.25) is 5.91 Å². The Morgan fingerprint density at radius 3 is 2.48 bits per heavy atom. The van der Waals surface area contributed by atoms with Gasteiger partial charge in [-0.05, 0) is 24.5 Å². The van der Waals surface area contributed by atoms with Gasteiger partial charge >= 0.3 is 0 Å². The standard InChI is InChI=1S/C21H33N5O2.HI/c1-2-22-21(24-10-11-25-12-14-28-15-13-25)23-9-5-8-20(27)26-16-18-6-3-4-7-19(18)17-26;/h3-4,6-7H,2,5,8-17H2,1H3,(H2,22,23,24);1H. The summed E-state index contributed by atoms with van der Waals surface area (Å²) in [6.45, 7) is 10.5. The van der Waals surface area contributed by atoms with E-state index in [2.05, 4.69) is 39.6 Å². The number of nitrogens with zero attached hydrogens (tertiary/aromatic N) is 3. The van der Waals surface area contributed by atoms with E-state index in [9.17, 15) is 4.79 Å². The number of morpholine rings is 1. The van der Waals surface area contributed by atoms with Crippen LogP contribution in [0.25, 0.3) is 0 Å². The first-order valence-electron chi connectivity index (χ1n) is 10.4. The smallest absolute Gasteiger partial charge is 0.223 e. The van der Waals surface area contributed by atoms with Crippen LogP contribution in [0.15, 0.2) is 29.3 Å². The van der Waals surface area contributed by atoms with E-state index in [1.165, 1.54) is 11.1 Å². The highest BCUT2D eigenvalue weighted by molar-refractivity contribution is 14.0. The highest BCUT2D eigenvalue weighted by atomic mass is 127. The van der Waals surface area contributed by atoms with Gasteiger partial charge in [-0.1, -0.05) is 24.3 Å². The molecule has 0 radical (unpaired) electrons. The van der Waals surface area contributed by atoms with Gasteiger partial charge < -0.3 is 20.3 Å². The lowest BCUT2D eigenvalue weighted by Crippen LogP contribution is -2.44. The fraction of sp³-hybridized carbons (Fsp3) is 0.619. The fourth-order valence-electron chi connectivity index (χ4n) is 3.59. The monoisotopic (exact) mass is 515 g/mol. The van der Waals surface area contributed by atoms with Crippen molar-refractivity contribution in [2.24, 2.45) is 4.99 Å². The lowest BCUT2D eigenvalue weighted by molar-refractivity contribution is -0.131. The minimum absolute atomic E-state index is 0. The first kappa shape index (κ1) is 23.9. The normalized spacial score (nSPS) is 16.9. The maximum Gasteiger partial charge on any atom is 0.223 e. The van der Waals surface area contributed by atoms with Crippen LogP contribution < -0.4 is 10.6 Å². The summed E-state index contributed by atoms with van der Waals surface area (Å²) in [7, 11) is 0. The molecule has 1 amide bonds. The second kappa shape index (κ2) is 13.0. The van der Waals surface area contributed by atoms with Crippen LogP contribution in [-0.4, -0.2) is 74.1 Å². The number of ether oxygens (including phenoxy) is 1. The first-order chi connectivity index (χ1) is 13.8. The third-order valence-electron chi connectivity index (χ3n) is 5.18. The third-order valence-corrected chi connectivity index (χ3v) is 5.18. The second-order valence-corrected chi connectivity index (χ2v) is 7.26. The Kier molecular flexibility index (Phi) is 10.7. The molecule has 2 N–H and O–H groups in total. The number of hydrogen-bond donors (Lipinski definition) is 2. The SMILES string of the molecule is CCNC(=NCCCC(=O)N1Cc2ccccc2C1)NCCN1CCOCC1.I. The van der Waals surface area contributed by atoms with Crippen molar-refractivity contribution in [3.8, 4) is 0 Å². The fourth-order valence-corrected chi connectivity index (χ4v) is 3.59. The largest absolute Gasteiger partial charge is 0.379 e. The minimum Gasteiger partial charge on any atom is -0.379 e. The number of amides is 1. The molecule has 2 aliphatic rings. The summed E-state index contributed by atoms with van der Waals surface area (Å²) in [6.07, 6.45) is 1.32. The average molecular weight is 515 g/mol. The Morgan fingerprint density at radius 1 is 1.14 bits per heavy atom. The van der Waals surface area contributed by atoms with Gasteiger partial charge in [0.15, 0.2) is 5.96 Å². The van der Waals surface area contributed by atoms with Crippen molar-refractivity contribution in [1.82, 2.24) is 20.4 Å². The van der Waals surface area contributed by atoms with E-state index in [0.29, 0.717) is 13.0 Å². The van der Waals surface area contributed by atoms with E-state index in [1.807, 2.05) is 17.0 Å². The van der Waals surface area contributed by atoms with E-state index in [-0.39, 0.29) is 29.9 Å². The summed E-state index contributed by atoms with van der Waals surface area (Å²) >= 11 is 0. The van der Waals surface area contributed by atoms with Crippen LogP contribution in [0.1, 0.15) is 30.9 Å². The van der Waals surface area contributed by atoms with Crippen LogP contribution in [0, 0.1) is 0 Å². The predicted molar refractivity (Wildman–Crippen MR) is 127 cm³/mol. The quantitative estimate of drug-likeness (QED) is 0.239. The minimum atomic E-state index is 0. The molecule has 0 aromatic heterocycles. The average Bonchev–Trinajstić information content (AvgIpc) is 3.16. The van der Waals surface area contributed by atoms with Gasteiger partial charge in [-0.25, -0.2) is 0 Å². The zero-order valence-corrected chi connectivity index (χ0v) is 19.7. The molecule has 2 heterocycles. The number of rotatable bonds is 8. The van der Waals surface area contributed by atoms with Crippen molar-refractivity contribution in [2.45, 2.75) is 32.9 Å². The van der Waals surface area contributed by atoms with E-state index < -0.39 is 0 Å². The molecule has 0 spiro atoms. The second-order valence-electron chi connectivity index (χ2n) is 7.26. The molecule has 3 rings (SSSR count). The molecule has 2 aliphatic heterocycles. The Morgan fingerprint density at radius 2 is 1.83 bits per heavy atom. The lowest BCUT2D eigenvalue weighted by atomic mass is 10.1. The zero-order chi connectivity index (χ0) is 19.6. The van der Waals surface area contributed by atoms with E-state index in [0.717, 1.165) is 71.4 Å². The molecule has 8 heteroatoms. The number of benzene rings is 1. The van der Waals surface area contributed by atoms with Crippen molar-refractivity contribution in [3.05, 3.63) is 35.4 Å². The third kappa shape index (κ3) is 7.75. The Hall–Kier alpha value is -1.39. The number of aliphatic imine (C=N–C) groups is 1. The Balaban J connectivity index is 0.00000300. The molecule has 0 atom stereocenters. The summed E-state index contributed by atoms with van der Waals surface area (Å²) < 4.78 is 5.38. The van der Waals surface area contributed by atoms with Crippen LogP contribution >= 0.6 is 24.0 Å². The maximum absolute atomic E-state index is 12.5. The molecule has 7 nitrogen and oxygen atoms in total. The molecular formula is C21H34IN5O2. The van der Waals surface area contributed by atoms with Gasteiger partial charge in [0.05, 0.1) is 13.2 Å². The molecule has 0 aliphatic carbocycles. The summed E-state index contributed by atoms with van der Waals surface area (Å²) in [6, 6.07) is 8.29. The molecule has 1 fully saturated rings. The summed E-state index contributed by atoms with van der Waals surface area (Å²) in [4.78, 5) is 21.4. The van der Waals surface area contributed by atoms with Crippen LogP contribution in [0.2, 0.25) is 0 Å². The summed E-state index contributed by atoms with van der Waals surface area (Å²) in [5.74, 6) is 1.05. The van der Waals surface area contributed by atoms with Crippen molar-refractivity contribution in [1.29, 1.82) is 0 Å². The summed E-state index contributed by atoms with van der Waals surface area (Å²) in [5.41, 5.74) is 2.54. The lowest BCUT2D eigenvalue weighted by Gasteiger charge is -2.26. The molecule has 1 saturated heterocycles. The van der Waals surface area contributed by atoms with Crippen molar-refractivity contribution in [3.63, 3.8) is 0 Å². The van der Waals surface area contributed by atoms with Gasteiger partial charge in [0.1, 0.15) is 0 Å². The van der Waals surface area contributed by atoms with E-state index >= 15 is 0 Å². The van der Waals surface area contributed by atoms with Crippen LogP contribution in [-0.2, 0) is 22.6 Å². The Bertz CT molecular complexity index is 639. The highest BCUT2D eigenvalue weighted by Gasteiger charge is 2.22. The molecule has 0 saturated carbocycles. The van der Waals surface area contributed by atoms with Crippen LogP contribution in [0.3, 0.4) is 0 Å². The van der Waals surface area contributed by atoms with Crippen LogP contribution in [0.5, 0.6) is 0 Å². The van der Waals surface area contributed by atoms with Crippen LogP contribution in [0.4, 0.5) is 0 Å². The summed E-state index contributed by atoms with van der Waals surface area (Å²) in [5, 5.41) is 6.66. The highest BCUT2D eigenvalue weighted by Crippen LogP contribution is 2.22. The zero-order valence-electron chi connectivity index (χ0n) is 17.4. The Labute approximate surface area is 191 Å². The number of halogens is 1. The number of carbonyl (C=O) groups is 1. The van der Waals surface area contributed by atoms with Gasteiger partial charge in [-0.15, -0.1) is 24.0 Å². The number of guanidine groups is 1. The topological polar surface area (TPSA) is 69.2 Å².